The summed E-state index contributed by atoms with van der Waals surface area (Å²) in [6, 6.07) is 16.1. The summed E-state index contributed by atoms with van der Waals surface area (Å²) in [7, 11) is 0. The van der Waals surface area contributed by atoms with Gasteiger partial charge < -0.3 is 4.90 Å². The van der Waals surface area contributed by atoms with Crippen molar-refractivity contribution < 1.29 is 4.79 Å². The molecule has 1 aliphatic rings. The van der Waals surface area contributed by atoms with Gasteiger partial charge in [0, 0.05) is 5.57 Å². The van der Waals surface area contributed by atoms with Crippen LogP contribution in [0.1, 0.15) is 23.6 Å². The topological polar surface area (TPSA) is 20.3 Å². The predicted octanol–water partition coefficient (Wildman–Crippen LogP) is 4.28. The second-order valence-electron chi connectivity index (χ2n) is 5.26. The van der Waals surface area contributed by atoms with Gasteiger partial charge in [0.05, 0.1) is 12.2 Å². The number of hydrogen-bond donors (Lipinski definition) is 0. The van der Waals surface area contributed by atoms with Crippen LogP contribution in [0, 0.1) is 0 Å². The van der Waals surface area contributed by atoms with E-state index in [1.54, 1.807) is 11.8 Å². The van der Waals surface area contributed by atoms with Crippen molar-refractivity contribution in [3.63, 3.8) is 0 Å². The third-order valence-corrected chi connectivity index (χ3v) is 3.66. The third-order valence-electron chi connectivity index (χ3n) is 3.66. The molecule has 0 bridgehead atoms. The van der Waals surface area contributed by atoms with Gasteiger partial charge in [0.25, 0.3) is 5.91 Å². The van der Waals surface area contributed by atoms with Gasteiger partial charge in [-0.1, -0.05) is 61.2 Å². The molecule has 1 aliphatic heterocycles. The second-order valence-corrected chi connectivity index (χ2v) is 5.26. The summed E-state index contributed by atoms with van der Waals surface area (Å²) in [5.41, 5.74) is 4.80. The average Bonchev–Trinajstić information content (AvgIpc) is 2.49. The molecule has 0 radical (unpaired) electrons. The van der Waals surface area contributed by atoms with E-state index in [1.807, 2.05) is 36.4 Å². The van der Waals surface area contributed by atoms with Crippen molar-refractivity contribution >= 4 is 23.7 Å². The summed E-state index contributed by atoms with van der Waals surface area (Å²) in [6.07, 6.45) is 4.17. The van der Waals surface area contributed by atoms with E-state index in [0.717, 1.165) is 22.4 Å². The normalized spacial score (nSPS) is 14.4. The summed E-state index contributed by atoms with van der Waals surface area (Å²) >= 11 is 0. The minimum absolute atomic E-state index is 0.0347. The maximum Gasteiger partial charge on any atom is 0.253 e. The van der Waals surface area contributed by atoms with Gasteiger partial charge in [-0.05, 0) is 29.7 Å². The molecule has 0 unspecified atom stereocenters. The molecular weight excluding hydrogens is 258 g/mol. The first-order valence-corrected chi connectivity index (χ1v) is 6.99. The number of benzene rings is 2. The fourth-order valence-corrected chi connectivity index (χ4v) is 2.56. The van der Waals surface area contributed by atoms with Crippen molar-refractivity contribution in [1.29, 1.82) is 0 Å². The van der Waals surface area contributed by atoms with Crippen molar-refractivity contribution in [3.8, 4) is 0 Å². The van der Waals surface area contributed by atoms with Gasteiger partial charge in [-0.2, -0.15) is 0 Å². The van der Waals surface area contributed by atoms with Gasteiger partial charge >= 0.3 is 0 Å². The quantitative estimate of drug-likeness (QED) is 0.711. The van der Waals surface area contributed by atoms with Gasteiger partial charge in [-0.15, -0.1) is 0 Å². The Morgan fingerprint density at radius 2 is 1.62 bits per heavy atom. The summed E-state index contributed by atoms with van der Waals surface area (Å²) in [5.74, 6) is -0.0347. The first-order chi connectivity index (χ1) is 10.2. The highest BCUT2D eigenvalue weighted by Gasteiger charge is 2.20. The Morgan fingerprint density at radius 1 is 1.00 bits per heavy atom. The van der Waals surface area contributed by atoms with Gasteiger partial charge in [-0.25, -0.2) is 0 Å². The summed E-state index contributed by atoms with van der Waals surface area (Å²) in [5, 5.41) is 0. The lowest BCUT2D eigenvalue weighted by Crippen LogP contribution is -2.32. The summed E-state index contributed by atoms with van der Waals surface area (Å²) < 4.78 is 0. The number of nitrogens with zero attached hydrogens (tertiary/aromatic N) is 1. The molecule has 3 rings (SSSR count). The molecule has 2 aromatic rings. The number of hydrogen-bond acceptors (Lipinski definition) is 1. The predicted molar refractivity (Wildman–Crippen MR) is 87.8 cm³/mol. The number of fused-ring (bicyclic) bond motifs is 2. The molecule has 2 heteroatoms. The maximum absolute atomic E-state index is 12.5. The number of rotatable bonds is 1. The van der Waals surface area contributed by atoms with Crippen molar-refractivity contribution in [2.75, 3.05) is 4.90 Å². The minimum atomic E-state index is -0.0347. The van der Waals surface area contributed by atoms with Crippen LogP contribution < -0.4 is 4.90 Å². The Balaban J connectivity index is 2.18. The molecule has 0 saturated carbocycles. The fourth-order valence-electron chi connectivity index (χ4n) is 2.56. The summed E-state index contributed by atoms with van der Waals surface area (Å²) in [4.78, 5) is 14.3. The molecule has 0 aromatic heterocycles. The van der Waals surface area contributed by atoms with Crippen LogP contribution in [0.5, 0.6) is 0 Å². The van der Waals surface area contributed by atoms with E-state index in [2.05, 4.69) is 30.9 Å². The molecule has 0 saturated heterocycles. The van der Waals surface area contributed by atoms with Gasteiger partial charge in [-0.3, -0.25) is 4.79 Å². The van der Waals surface area contributed by atoms with E-state index in [0.29, 0.717) is 12.1 Å². The Bertz CT molecular complexity index is 743. The Hall–Kier alpha value is -2.61. The molecular formula is C19H17NO. The van der Waals surface area contributed by atoms with Gasteiger partial charge in [0.2, 0.25) is 0 Å². The van der Waals surface area contributed by atoms with E-state index < -0.39 is 0 Å². The zero-order chi connectivity index (χ0) is 14.8. The van der Waals surface area contributed by atoms with Crippen LogP contribution in [0.4, 0.5) is 5.69 Å². The van der Waals surface area contributed by atoms with E-state index in [9.17, 15) is 4.79 Å². The molecule has 2 nitrogen and oxygen atoms in total. The lowest BCUT2D eigenvalue weighted by Gasteiger charge is -2.27. The van der Waals surface area contributed by atoms with Gasteiger partial charge in [0.15, 0.2) is 0 Å². The van der Waals surface area contributed by atoms with E-state index >= 15 is 0 Å². The van der Waals surface area contributed by atoms with Gasteiger partial charge in [0.1, 0.15) is 0 Å². The second kappa shape index (κ2) is 5.41. The number of anilines is 1. The molecule has 1 amide bonds. The number of carbonyl (C=O) groups excluding carboxylic acids is 1. The number of para-hydroxylation sites is 1. The molecule has 0 spiro atoms. The van der Waals surface area contributed by atoms with Crippen LogP contribution in [0.2, 0.25) is 0 Å². The van der Waals surface area contributed by atoms with Crippen LogP contribution in [0.25, 0.3) is 12.2 Å². The molecule has 21 heavy (non-hydrogen) atoms. The highest BCUT2D eigenvalue weighted by atomic mass is 16.2. The fraction of sp³-hybridized carbons (Fsp3) is 0.105. The third kappa shape index (κ3) is 2.52. The average molecular weight is 275 g/mol. The van der Waals surface area contributed by atoms with Crippen LogP contribution in [-0.4, -0.2) is 5.91 Å². The smallest absolute Gasteiger partial charge is 0.253 e. The van der Waals surface area contributed by atoms with Crippen LogP contribution in [0.3, 0.4) is 0 Å². The SMILES string of the molecule is C=C(C)C(=O)N1Cc2ccccc2/C=C\c2ccccc21. The molecule has 2 aromatic carbocycles. The first-order valence-electron chi connectivity index (χ1n) is 6.99. The molecule has 0 fully saturated rings. The molecule has 0 N–H and O–H groups in total. The van der Waals surface area contributed by atoms with Crippen molar-refractivity contribution in [1.82, 2.24) is 0 Å². The molecule has 0 aliphatic carbocycles. The Kier molecular flexibility index (Phi) is 3.44. The van der Waals surface area contributed by atoms with Crippen LogP contribution >= 0.6 is 0 Å². The lowest BCUT2D eigenvalue weighted by molar-refractivity contribution is -0.115. The van der Waals surface area contributed by atoms with E-state index in [4.69, 9.17) is 0 Å². The lowest BCUT2D eigenvalue weighted by atomic mass is 10.0. The molecule has 1 heterocycles. The van der Waals surface area contributed by atoms with Crippen molar-refractivity contribution in [3.05, 3.63) is 77.4 Å². The minimum Gasteiger partial charge on any atom is -0.304 e. The van der Waals surface area contributed by atoms with Crippen LogP contribution in [0.15, 0.2) is 60.7 Å². The van der Waals surface area contributed by atoms with Crippen molar-refractivity contribution in [2.24, 2.45) is 0 Å². The zero-order valence-electron chi connectivity index (χ0n) is 12.0. The number of carbonyl (C=O) groups is 1. The van der Waals surface area contributed by atoms with Crippen LogP contribution in [-0.2, 0) is 11.3 Å². The van der Waals surface area contributed by atoms with Crippen molar-refractivity contribution in [2.45, 2.75) is 13.5 Å². The maximum atomic E-state index is 12.5. The summed E-state index contributed by atoms with van der Waals surface area (Å²) in [6.45, 7) is 6.12. The first kappa shape index (κ1) is 13.4. The van der Waals surface area contributed by atoms with E-state index in [1.165, 1.54) is 0 Å². The highest BCUT2D eigenvalue weighted by Crippen LogP contribution is 2.29. The number of amides is 1. The molecule has 104 valence electrons. The standard InChI is InChI=1S/C19H17NO/c1-14(2)19(21)20-13-17-9-4-3-7-15(17)11-12-16-8-5-6-10-18(16)20/h3-12H,1,13H2,2H3/b12-11-. The Labute approximate surface area is 125 Å². The Morgan fingerprint density at radius 3 is 2.38 bits per heavy atom. The zero-order valence-corrected chi connectivity index (χ0v) is 12.0. The largest absolute Gasteiger partial charge is 0.304 e. The van der Waals surface area contributed by atoms with E-state index in [-0.39, 0.29) is 5.91 Å². The molecule has 0 atom stereocenters. The highest BCUT2D eigenvalue weighted by molar-refractivity contribution is 6.06. The monoisotopic (exact) mass is 275 g/mol.